The molecule has 2 heterocycles. The van der Waals surface area contributed by atoms with Gasteiger partial charge in [0.15, 0.2) is 0 Å². The smallest absolute Gasteiger partial charge is 0.250 e. The molecular formula is C17H17Cl2N3O2. The number of hydrogen-bond donors (Lipinski definition) is 2. The lowest BCUT2D eigenvalue weighted by molar-refractivity contribution is -0.117. The summed E-state index contributed by atoms with van der Waals surface area (Å²) in [5.74, 6) is -0.0766. The molecule has 1 amide bonds. The molecule has 0 aliphatic carbocycles. The number of aromatic nitrogens is 1. The van der Waals surface area contributed by atoms with Gasteiger partial charge in [0.05, 0.1) is 28.3 Å². The minimum Gasteiger partial charge on any atom is -0.323 e. The van der Waals surface area contributed by atoms with E-state index in [4.69, 9.17) is 23.2 Å². The van der Waals surface area contributed by atoms with Crippen LogP contribution in [0.2, 0.25) is 10.0 Å². The number of anilines is 1. The van der Waals surface area contributed by atoms with E-state index in [0.717, 1.165) is 24.9 Å². The van der Waals surface area contributed by atoms with Crippen molar-refractivity contribution in [2.75, 3.05) is 11.9 Å². The van der Waals surface area contributed by atoms with Crippen LogP contribution < -0.4 is 16.2 Å². The van der Waals surface area contributed by atoms with Crippen LogP contribution in [-0.2, 0) is 11.3 Å². The van der Waals surface area contributed by atoms with Gasteiger partial charge in [0.1, 0.15) is 0 Å². The van der Waals surface area contributed by atoms with Gasteiger partial charge in [0, 0.05) is 12.3 Å². The number of amides is 1. The van der Waals surface area contributed by atoms with E-state index in [2.05, 4.69) is 10.6 Å². The Morgan fingerprint density at radius 2 is 2.08 bits per heavy atom. The number of halogens is 2. The number of benzene rings is 1. The molecule has 1 aromatic heterocycles. The summed E-state index contributed by atoms with van der Waals surface area (Å²) in [6, 6.07) is 8.12. The molecule has 1 unspecified atom stereocenters. The fourth-order valence-electron chi connectivity index (χ4n) is 2.70. The first-order chi connectivity index (χ1) is 11.5. The molecule has 1 saturated heterocycles. The second-order valence-corrected chi connectivity index (χ2v) is 6.58. The summed E-state index contributed by atoms with van der Waals surface area (Å²) in [4.78, 5) is 24.2. The molecule has 1 fully saturated rings. The molecule has 3 rings (SSSR count). The third-order valence-electron chi connectivity index (χ3n) is 3.96. The topological polar surface area (TPSA) is 63.1 Å². The first-order valence-electron chi connectivity index (χ1n) is 7.71. The predicted molar refractivity (Wildman–Crippen MR) is 95.9 cm³/mol. The lowest BCUT2D eigenvalue weighted by Crippen LogP contribution is -2.35. The van der Waals surface area contributed by atoms with Crippen molar-refractivity contribution in [2.45, 2.75) is 25.4 Å². The Hall–Kier alpha value is -1.82. The number of pyridine rings is 1. The van der Waals surface area contributed by atoms with E-state index >= 15 is 0 Å². The van der Waals surface area contributed by atoms with E-state index in [-0.39, 0.29) is 17.5 Å². The third-order valence-corrected chi connectivity index (χ3v) is 4.70. The zero-order valence-corrected chi connectivity index (χ0v) is 14.4. The lowest BCUT2D eigenvalue weighted by Gasteiger charge is -2.13. The Morgan fingerprint density at radius 1 is 1.25 bits per heavy atom. The number of rotatable bonds is 4. The van der Waals surface area contributed by atoms with E-state index in [1.807, 2.05) is 6.07 Å². The minimum atomic E-state index is -0.166. The van der Waals surface area contributed by atoms with Gasteiger partial charge in [-0.25, -0.2) is 0 Å². The van der Waals surface area contributed by atoms with Crippen LogP contribution in [-0.4, -0.2) is 23.1 Å². The number of nitrogens with zero attached hydrogens (tertiary/aromatic N) is 1. The molecule has 7 heteroatoms. The zero-order valence-electron chi connectivity index (χ0n) is 12.9. The molecular weight excluding hydrogens is 349 g/mol. The Bertz CT molecular complexity index is 814. The van der Waals surface area contributed by atoms with Crippen LogP contribution in [0.4, 0.5) is 5.69 Å². The average Bonchev–Trinajstić information content (AvgIpc) is 3.09. The van der Waals surface area contributed by atoms with Gasteiger partial charge in [-0.1, -0.05) is 29.3 Å². The molecule has 0 spiro atoms. The van der Waals surface area contributed by atoms with Crippen molar-refractivity contribution in [1.29, 1.82) is 0 Å². The van der Waals surface area contributed by atoms with Crippen molar-refractivity contribution in [3.05, 3.63) is 62.5 Å². The molecule has 2 aromatic rings. The zero-order chi connectivity index (χ0) is 17.1. The van der Waals surface area contributed by atoms with Gasteiger partial charge in [-0.3, -0.25) is 9.59 Å². The summed E-state index contributed by atoms with van der Waals surface area (Å²) in [7, 11) is 0. The van der Waals surface area contributed by atoms with Crippen molar-refractivity contribution >= 4 is 34.8 Å². The molecule has 126 valence electrons. The van der Waals surface area contributed by atoms with Gasteiger partial charge in [-0.15, -0.1) is 0 Å². The standard InChI is InChI=1S/C17H17Cl2N3O2/c18-13-5-3-11(8-14(13)19)9-22-10-12(4-6-16(22)23)21-17(24)15-2-1-7-20-15/h3-6,8,10,15,20H,1-2,7,9H2,(H,21,24). The van der Waals surface area contributed by atoms with Crippen molar-refractivity contribution in [3.8, 4) is 0 Å². The van der Waals surface area contributed by atoms with Gasteiger partial charge in [0.25, 0.3) is 5.56 Å². The van der Waals surface area contributed by atoms with Crippen LogP contribution >= 0.6 is 23.2 Å². The molecule has 5 nitrogen and oxygen atoms in total. The second-order valence-electron chi connectivity index (χ2n) is 5.77. The minimum absolute atomic E-state index is 0.0766. The molecule has 24 heavy (non-hydrogen) atoms. The van der Waals surface area contributed by atoms with Crippen molar-refractivity contribution in [1.82, 2.24) is 9.88 Å². The first-order valence-corrected chi connectivity index (χ1v) is 8.47. The van der Waals surface area contributed by atoms with Crippen molar-refractivity contribution in [2.24, 2.45) is 0 Å². The number of nitrogens with one attached hydrogen (secondary N) is 2. The van der Waals surface area contributed by atoms with E-state index < -0.39 is 0 Å². The highest BCUT2D eigenvalue weighted by molar-refractivity contribution is 6.42. The van der Waals surface area contributed by atoms with Gasteiger partial charge in [0.2, 0.25) is 5.91 Å². The molecule has 1 aromatic carbocycles. The third kappa shape index (κ3) is 3.98. The Balaban J connectivity index is 1.77. The van der Waals surface area contributed by atoms with Crippen LogP contribution in [0.15, 0.2) is 41.3 Å². The van der Waals surface area contributed by atoms with Crippen LogP contribution in [0.5, 0.6) is 0 Å². The monoisotopic (exact) mass is 365 g/mol. The van der Waals surface area contributed by atoms with E-state index in [9.17, 15) is 9.59 Å². The molecule has 1 aliphatic heterocycles. The SMILES string of the molecule is O=C(Nc1ccc(=O)n(Cc2ccc(Cl)c(Cl)c2)c1)C1CCCN1. The Labute approximate surface area is 149 Å². The molecule has 2 N–H and O–H groups in total. The molecule has 0 saturated carbocycles. The number of carbonyl (C=O) groups is 1. The van der Waals surface area contributed by atoms with Crippen molar-refractivity contribution < 1.29 is 4.79 Å². The van der Waals surface area contributed by atoms with Gasteiger partial charge in [-0.05, 0) is 43.1 Å². The van der Waals surface area contributed by atoms with Crippen LogP contribution in [0, 0.1) is 0 Å². The summed E-state index contributed by atoms with van der Waals surface area (Å²) in [5.41, 5.74) is 1.29. The lowest BCUT2D eigenvalue weighted by atomic mass is 10.2. The quantitative estimate of drug-likeness (QED) is 0.875. The molecule has 1 aliphatic rings. The van der Waals surface area contributed by atoms with Crippen molar-refractivity contribution in [3.63, 3.8) is 0 Å². The maximum Gasteiger partial charge on any atom is 0.250 e. The first kappa shape index (κ1) is 17.0. The Morgan fingerprint density at radius 3 is 2.79 bits per heavy atom. The normalized spacial score (nSPS) is 17.0. The summed E-state index contributed by atoms with van der Waals surface area (Å²) in [6.07, 6.45) is 3.46. The van der Waals surface area contributed by atoms with Gasteiger partial charge in [-0.2, -0.15) is 0 Å². The highest BCUT2D eigenvalue weighted by Gasteiger charge is 2.21. The largest absolute Gasteiger partial charge is 0.323 e. The highest BCUT2D eigenvalue weighted by Crippen LogP contribution is 2.23. The maximum absolute atomic E-state index is 12.2. The summed E-state index contributed by atoms with van der Waals surface area (Å²) < 4.78 is 1.53. The van der Waals surface area contributed by atoms with Crippen LogP contribution in [0.1, 0.15) is 18.4 Å². The predicted octanol–water partition coefficient (Wildman–Crippen LogP) is 2.89. The summed E-state index contributed by atoms with van der Waals surface area (Å²) >= 11 is 11.9. The van der Waals surface area contributed by atoms with E-state index in [1.165, 1.54) is 10.6 Å². The van der Waals surface area contributed by atoms with Gasteiger partial charge >= 0.3 is 0 Å². The van der Waals surface area contributed by atoms with Crippen LogP contribution in [0.3, 0.4) is 0 Å². The Kier molecular flexibility index (Phi) is 5.23. The molecule has 1 atom stereocenters. The summed E-state index contributed by atoms with van der Waals surface area (Å²) in [6.45, 7) is 1.20. The average molecular weight is 366 g/mol. The number of hydrogen-bond acceptors (Lipinski definition) is 3. The number of carbonyl (C=O) groups excluding carboxylic acids is 1. The maximum atomic E-state index is 12.2. The second kappa shape index (κ2) is 7.38. The van der Waals surface area contributed by atoms with Gasteiger partial charge < -0.3 is 15.2 Å². The summed E-state index contributed by atoms with van der Waals surface area (Å²) in [5, 5.41) is 6.91. The molecule has 0 bridgehead atoms. The van der Waals surface area contributed by atoms with Crippen LogP contribution in [0.25, 0.3) is 0 Å². The molecule has 0 radical (unpaired) electrons. The van der Waals surface area contributed by atoms with E-state index in [0.29, 0.717) is 22.3 Å². The fraction of sp³-hybridized carbons (Fsp3) is 0.294. The van der Waals surface area contributed by atoms with E-state index in [1.54, 1.807) is 24.4 Å². The fourth-order valence-corrected chi connectivity index (χ4v) is 3.02. The highest BCUT2D eigenvalue weighted by atomic mass is 35.5.